The molecule has 4 heteroatoms. The second-order valence-electron chi connectivity index (χ2n) is 2.32. The lowest BCUT2D eigenvalue weighted by molar-refractivity contribution is -0.139. The number of esters is 1. The van der Waals surface area contributed by atoms with Crippen LogP contribution in [0.15, 0.2) is 23.7 Å². The molecule has 0 spiro atoms. The van der Waals surface area contributed by atoms with Crippen molar-refractivity contribution in [3.8, 4) is 0 Å². The molecule has 0 fully saturated rings. The summed E-state index contributed by atoms with van der Waals surface area (Å²) in [5.41, 5.74) is 0.465. The molecule has 1 aliphatic heterocycles. The highest BCUT2D eigenvalue weighted by Crippen LogP contribution is 2.16. The lowest BCUT2D eigenvalue weighted by atomic mass is 10.3. The van der Waals surface area contributed by atoms with Crippen molar-refractivity contribution in [3.63, 3.8) is 0 Å². The summed E-state index contributed by atoms with van der Waals surface area (Å²) >= 11 is 0. The Hall–Kier alpha value is -1.29. The van der Waals surface area contributed by atoms with Crippen molar-refractivity contribution in [1.29, 1.82) is 0 Å². The highest BCUT2D eigenvalue weighted by atomic mass is 16.5. The van der Waals surface area contributed by atoms with Gasteiger partial charge < -0.3 is 14.6 Å². The third kappa shape index (κ3) is 2.75. The highest BCUT2D eigenvalue weighted by Gasteiger charge is 2.11. The summed E-state index contributed by atoms with van der Waals surface area (Å²) in [6.45, 7) is 1.50. The molecule has 1 N–H and O–H groups in total. The molecule has 0 aliphatic carbocycles. The van der Waals surface area contributed by atoms with E-state index in [1.165, 1.54) is 6.26 Å². The number of allylic oxidation sites excluding steroid dienone is 1. The van der Waals surface area contributed by atoms with Crippen LogP contribution in [0.25, 0.3) is 0 Å². The van der Waals surface area contributed by atoms with Gasteiger partial charge in [-0.25, -0.2) is 4.79 Å². The number of aliphatic hydroxyl groups is 1. The van der Waals surface area contributed by atoms with Crippen LogP contribution < -0.4 is 0 Å². The van der Waals surface area contributed by atoms with E-state index in [9.17, 15) is 4.79 Å². The molecular formula is C8H10O4. The number of hydrogen-bond acceptors (Lipinski definition) is 4. The average molecular weight is 170 g/mol. The molecule has 0 aromatic heterocycles. The van der Waals surface area contributed by atoms with Gasteiger partial charge in [0.2, 0.25) is 0 Å². The topological polar surface area (TPSA) is 59.1 Å². The van der Waals surface area contributed by atoms with E-state index < -0.39 is 5.97 Å². The Labute approximate surface area is 70.1 Å². The van der Waals surface area contributed by atoms with Crippen molar-refractivity contribution in [2.24, 2.45) is 0 Å². The summed E-state index contributed by atoms with van der Waals surface area (Å²) in [5.74, 6) is 0.244. The monoisotopic (exact) mass is 170 g/mol. The quantitative estimate of drug-likeness (QED) is 0.488. The summed E-state index contributed by atoms with van der Waals surface area (Å²) < 4.78 is 9.33. The number of aliphatic hydroxyl groups excluding tert-OH is 1. The molecule has 0 atom stereocenters. The Kier molecular flexibility index (Phi) is 2.88. The second kappa shape index (κ2) is 3.92. The molecule has 0 aromatic carbocycles. The van der Waals surface area contributed by atoms with Gasteiger partial charge in [0.25, 0.3) is 0 Å². The largest absolute Gasteiger partial charge is 0.460 e. The lowest BCUT2D eigenvalue weighted by Crippen LogP contribution is -2.09. The number of rotatable bonds is 4. The third-order valence-electron chi connectivity index (χ3n) is 1.26. The van der Waals surface area contributed by atoms with Gasteiger partial charge in [-0.1, -0.05) is 0 Å². The van der Waals surface area contributed by atoms with E-state index in [4.69, 9.17) is 9.84 Å². The fourth-order valence-electron chi connectivity index (χ4n) is 0.627. The molecule has 66 valence electrons. The minimum atomic E-state index is -0.430. The van der Waals surface area contributed by atoms with Crippen LogP contribution >= 0.6 is 0 Å². The molecule has 0 unspecified atom stereocenters. The molecule has 12 heavy (non-hydrogen) atoms. The summed E-state index contributed by atoms with van der Waals surface area (Å²) in [7, 11) is 0. The van der Waals surface area contributed by atoms with Gasteiger partial charge in [-0.3, -0.25) is 0 Å². The minimum absolute atomic E-state index is 0.0317. The maximum absolute atomic E-state index is 11.0. The third-order valence-corrected chi connectivity index (χ3v) is 1.26. The predicted octanol–water partition coefficient (Wildman–Crippen LogP) is 0.340. The maximum Gasteiger partial charge on any atom is 0.333 e. The van der Waals surface area contributed by atoms with Crippen molar-refractivity contribution in [3.05, 3.63) is 23.7 Å². The van der Waals surface area contributed by atoms with Crippen molar-refractivity contribution in [1.82, 2.24) is 0 Å². The Balaban J connectivity index is 2.34. The van der Waals surface area contributed by atoms with Crippen molar-refractivity contribution in [2.45, 2.75) is 6.92 Å². The Morgan fingerprint density at radius 3 is 3.00 bits per heavy atom. The molecule has 1 aliphatic rings. The van der Waals surface area contributed by atoms with E-state index in [1.807, 2.05) is 0 Å². The highest BCUT2D eigenvalue weighted by molar-refractivity contribution is 5.88. The van der Waals surface area contributed by atoms with Crippen LogP contribution in [0.3, 0.4) is 0 Å². The second-order valence-corrected chi connectivity index (χ2v) is 2.32. The molecule has 0 amide bonds. The van der Waals surface area contributed by atoms with Crippen molar-refractivity contribution >= 4 is 5.97 Å². The molecule has 0 saturated heterocycles. The first-order chi connectivity index (χ1) is 5.74. The fraction of sp³-hybridized carbons (Fsp3) is 0.375. The summed E-state index contributed by atoms with van der Waals surface area (Å²) in [6, 6.07) is 0. The zero-order valence-corrected chi connectivity index (χ0v) is 6.74. The van der Waals surface area contributed by atoms with Crippen molar-refractivity contribution < 1.29 is 19.4 Å². The molecule has 0 aromatic rings. The van der Waals surface area contributed by atoms with Crippen LogP contribution in [0.4, 0.5) is 0 Å². The predicted molar refractivity (Wildman–Crippen MR) is 41.0 cm³/mol. The molecule has 0 bridgehead atoms. The van der Waals surface area contributed by atoms with Crippen LogP contribution in [0.1, 0.15) is 6.92 Å². The number of carbonyl (C=O) groups is 1. The van der Waals surface area contributed by atoms with E-state index >= 15 is 0 Å². The molecule has 1 heterocycles. The number of ether oxygens (including phenoxy) is 2. The molecule has 1 rings (SSSR count). The van der Waals surface area contributed by atoms with Gasteiger partial charge in [-0.05, 0) is 13.0 Å². The summed E-state index contributed by atoms with van der Waals surface area (Å²) in [4.78, 5) is 11.0. The van der Waals surface area contributed by atoms with Gasteiger partial charge in [0.15, 0.2) is 5.76 Å². The summed E-state index contributed by atoms with van der Waals surface area (Å²) in [6.07, 6.45) is 3.11. The van der Waals surface area contributed by atoms with Crippen LogP contribution in [-0.4, -0.2) is 24.3 Å². The average Bonchev–Trinajstić information content (AvgIpc) is 2.83. The molecular weight excluding hydrogens is 160 g/mol. The number of hydrogen-bond donors (Lipinski definition) is 1. The minimum Gasteiger partial charge on any atom is -0.460 e. The van der Waals surface area contributed by atoms with Crippen LogP contribution in [0.2, 0.25) is 0 Å². The van der Waals surface area contributed by atoms with Gasteiger partial charge in [-0.2, -0.15) is 0 Å². The van der Waals surface area contributed by atoms with Gasteiger partial charge in [0.05, 0.1) is 6.61 Å². The van der Waals surface area contributed by atoms with Gasteiger partial charge >= 0.3 is 5.97 Å². The normalized spacial score (nSPS) is 14.8. The van der Waals surface area contributed by atoms with Gasteiger partial charge in [0, 0.05) is 5.57 Å². The fourth-order valence-corrected chi connectivity index (χ4v) is 0.627. The summed E-state index contributed by atoms with van der Waals surface area (Å²) in [5, 5.41) is 8.36. The smallest absolute Gasteiger partial charge is 0.333 e. The van der Waals surface area contributed by atoms with E-state index in [0.717, 1.165) is 0 Å². The Morgan fingerprint density at radius 2 is 2.50 bits per heavy atom. The van der Waals surface area contributed by atoms with E-state index in [0.29, 0.717) is 11.3 Å². The van der Waals surface area contributed by atoms with Gasteiger partial charge in [-0.15, -0.1) is 0 Å². The zero-order valence-electron chi connectivity index (χ0n) is 6.74. The van der Waals surface area contributed by atoms with Gasteiger partial charge in [0.1, 0.15) is 12.9 Å². The first kappa shape index (κ1) is 8.80. The van der Waals surface area contributed by atoms with Crippen LogP contribution in [-0.2, 0) is 14.3 Å². The molecule has 0 saturated carbocycles. The lowest BCUT2D eigenvalue weighted by Gasteiger charge is -2.00. The molecule has 0 radical (unpaired) electrons. The molecule has 4 nitrogen and oxygen atoms in total. The first-order valence-electron chi connectivity index (χ1n) is 3.57. The van der Waals surface area contributed by atoms with Crippen LogP contribution in [0, 0.1) is 0 Å². The van der Waals surface area contributed by atoms with Crippen molar-refractivity contribution in [2.75, 3.05) is 13.2 Å². The standard InChI is InChI=1S/C8H10O4/c1-6(4-7-5-12-7)8(10)11-3-2-9/h4-5,9H,2-3H2,1H3/b6-4+. The number of carbonyl (C=O) groups excluding carboxylic acids is 1. The Morgan fingerprint density at radius 1 is 1.83 bits per heavy atom. The zero-order chi connectivity index (χ0) is 8.97. The van der Waals surface area contributed by atoms with Crippen LogP contribution in [0.5, 0.6) is 0 Å². The maximum atomic E-state index is 11.0. The SMILES string of the molecule is C/C(=C\C1=CO1)C(=O)OCCO. The van der Waals surface area contributed by atoms with E-state index in [1.54, 1.807) is 13.0 Å². The van der Waals surface area contributed by atoms with E-state index in [-0.39, 0.29) is 13.2 Å². The van der Waals surface area contributed by atoms with E-state index in [2.05, 4.69) is 4.74 Å². The Bertz CT molecular complexity index is 239. The first-order valence-corrected chi connectivity index (χ1v) is 3.57.